The monoisotopic (exact) mass is 481 g/mol. The molecule has 1 fully saturated rings. The third-order valence-electron chi connectivity index (χ3n) is 6.80. The summed E-state index contributed by atoms with van der Waals surface area (Å²) in [6.45, 7) is 6.56. The number of nitrogens with zero attached hydrogens (tertiary/aromatic N) is 1. The zero-order valence-electron chi connectivity index (χ0n) is 22.3. The van der Waals surface area contributed by atoms with Crippen molar-refractivity contribution in [3.63, 3.8) is 0 Å². The maximum atomic E-state index is 11.8. The summed E-state index contributed by atoms with van der Waals surface area (Å²) < 4.78 is 5.18. The molecule has 0 aliphatic carbocycles. The van der Waals surface area contributed by atoms with Gasteiger partial charge in [-0.3, -0.25) is 4.79 Å². The third-order valence-corrected chi connectivity index (χ3v) is 6.80. The van der Waals surface area contributed by atoms with E-state index >= 15 is 0 Å². The molecule has 0 aromatic carbocycles. The second kappa shape index (κ2) is 23.4. The summed E-state index contributed by atoms with van der Waals surface area (Å²) in [5.74, 6) is -0.178. The lowest BCUT2D eigenvalue weighted by molar-refractivity contribution is -0.143. The minimum absolute atomic E-state index is 0.172. The van der Waals surface area contributed by atoms with Crippen molar-refractivity contribution in [2.45, 2.75) is 129 Å². The Balaban J connectivity index is 1.73. The number of hydrogen-bond donors (Lipinski definition) is 2. The SMILES string of the molecule is CCCCCCCCCCCCCCCCCCNC(=O)NCCOC(=O)CCN1CCCC1. The molecule has 6 nitrogen and oxygen atoms in total. The molecule has 0 aromatic rings. The van der Waals surface area contributed by atoms with Crippen molar-refractivity contribution in [1.29, 1.82) is 0 Å². The number of urea groups is 1. The van der Waals surface area contributed by atoms with E-state index in [2.05, 4.69) is 22.5 Å². The van der Waals surface area contributed by atoms with Crippen LogP contribution in [0.15, 0.2) is 0 Å². The minimum atomic E-state index is -0.178. The van der Waals surface area contributed by atoms with Crippen LogP contribution in [0.3, 0.4) is 0 Å². The molecule has 0 saturated carbocycles. The van der Waals surface area contributed by atoms with Crippen molar-refractivity contribution in [3.05, 3.63) is 0 Å². The Kier molecular flexibility index (Phi) is 21.2. The standard InChI is InChI=1S/C28H55N3O3/c1-2-3-4-5-6-7-8-9-10-11-12-13-14-15-16-17-21-29-28(33)30-22-26-34-27(32)20-25-31-23-18-19-24-31/h2-26H2,1H3,(H2,29,30,33). The zero-order chi connectivity index (χ0) is 24.5. The molecular formula is C28H55N3O3. The average Bonchev–Trinajstić information content (AvgIpc) is 3.36. The molecule has 1 aliphatic heterocycles. The molecule has 0 radical (unpaired) electrons. The van der Waals surface area contributed by atoms with Gasteiger partial charge in [-0.25, -0.2) is 4.79 Å². The summed E-state index contributed by atoms with van der Waals surface area (Å²) >= 11 is 0. The molecule has 1 heterocycles. The van der Waals surface area contributed by atoms with Crippen LogP contribution in [0.5, 0.6) is 0 Å². The van der Waals surface area contributed by atoms with E-state index in [0.29, 0.717) is 19.5 Å². The largest absolute Gasteiger partial charge is 0.464 e. The molecule has 0 aromatic heterocycles. The Hall–Kier alpha value is -1.30. The van der Waals surface area contributed by atoms with Gasteiger partial charge in [0.25, 0.3) is 0 Å². The lowest BCUT2D eigenvalue weighted by atomic mass is 10.0. The van der Waals surface area contributed by atoms with Crippen LogP contribution in [0.2, 0.25) is 0 Å². The first kappa shape index (κ1) is 30.7. The Morgan fingerprint density at radius 3 is 1.68 bits per heavy atom. The summed E-state index contributed by atoms with van der Waals surface area (Å²) in [6.07, 6.45) is 24.5. The fourth-order valence-corrected chi connectivity index (χ4v) is 4.59. The lowest BCUT2D eigenvalue weighted by Gasteiger charge is -2.13. The molecule has 2 amide bonds. The molecule has 6 heteroatoms. The number of likely N-dealkylation sites (tertiary alicyclic amines) is 1. The van der Waals surface area contributed by atoms with Crippen LogP contribution in [0.25, 0.3) is 0 Å². The van der Waals surface area contributed by atoms with Gasteiger partial charge < -0.3 is 20.3 Å². The van der Waals surface area contributed by atoms with Gasteiger partial charge in [0.1, 0.15) is 6.61 Å². The van der Waals surface area contributed by atoms with Gasteiger partial charge in [0.05, 0.1) is 13.0 Å². The minimum Gasteiger partial charge on any atom is -0.464 e. The Labute approximate surface area is 210 Å². The first-order chi connectivity index (χ1) is 16.7. The Morgan fingerprint density at radius 1 is 0.676 bits per heavy atom. The molecule has 0 unspecified atom stereocenters. The van der Waals surface area contributed by atoms with Gasteiger partial charge in [0.15, 0.2) is 0 Å². The number of ether oxygens (including phenoxy) is 1. The van der Waals surface area contributed by atoms with E-state index in [0.717, 1.165) is 26.1 Å². The van der Waals surface area contributed by atoms with E-state index in [1.54, 1.807) is 0 Å². The normalized spacial score (nSPS) is 13.8. The van der Waals surface area contributed by atoms with Gasteiger partial charge in [-0.1, -0.05) is 103 Å². The number of carbonyl (C=O) groups excluding carboxylic acids is 2. The highest BCUT2D eigenvalue weighted by Gasteiger charge is 2.13. The summed E-state index contributed by atoms with van der Waals surface area (Å²) in [6, 6.07) is -0.172. The number of amides is 2. The van der Waals surface area contributed by atoms with E-state index in [1.165, 1.54) is 109 Å². The number of rotatable bonds is 23. The lowest BCUT2D eigenvalue weighted by Crippen LogP contribution is -2.38. The topological polar surface area (TPSA) is 70.7 Å². The second-order valence-corrected chi connectivity index (χ2v) is 10.0. The van der Waals surface area contributed by atoms with Crippen molar-refractivity contribution >= 4 is 12.0 Å². The highest BCUT2D eigenvalue weighted by atomic mass is 16.5. The van der Waals surface area contributed by atoms with Crippen LogP contribution >= 0.6 is 0 Å². The smallest absolute Gasteiger partial charge is 0.314 e. The summed E-state index contributed by atoms with van der Waals surface area (Å²) in [7, 11) is 0. The van der Waals surface area contributed by atoms with Crippen molar-refractivity contribution in [3.8, 4) is 0 Å². The van der Waals surface area contributed by atoms with Crippen molar-refractivity contribution < 1.29 is 14.3 Å². The van der Waals surface area contributed by atoms with Gasteiger partial charge in [-0.2, -0.15) is 0 Å². The van der Waals surface area contributed by atoms with Gasteiger partial charge in [-0.15, -0.1) is 0 Å². The fourth-order valence-electron chi connectivity index (χ4n) is 4.59. The molecule has 1 rings (SSSR count). The predicted octanol–water partition coefficient (Wildman–Crippen LogP) is 6.58. The van der Waals surface area contributed by atoms with Crippen LogP contribution in [-0.4, -0.2) is 56.2 Å². The number of unbranched alkanes of at least 4 members (excludes halogenated alkanes) is 15. The van der Waals surface area contributed by atoms with Crippen molar-refractivity contribution in [1.82, 2.24) is 15.5 Å². The Morgan fingerprint density at radius 2 is 1.15 bits per heavy atom. The third kappa shape index (κ3) is 20.1. The average molecular weight is 482 g/mol. The maximum absolute atomic E-state index is 11.8. The number of carbonyl (C=O) groups is 2. The number of esters is 1. The second-order valence-electron chi connectivity index (χ2n) is 10.0. The molecule has 1 aliphatic rings. The van der Waals surface area contributed by atoms with Crippen LogP contribution in [0.1, 0.15) is 129 Å². The molecule has 0 atom stereocenters. The van der Waals surface area contributed by atoms with E-state index in [9.17, 15) is 9.59 Å². The molecule has 1 saturated heterocycles. The molecule has 0 spiro atoms. The first-order valence-electron chi connectivity index (χ1n) is 14.6. The number of hydrogen-bond acceptors (Lipinski definition) is 4. The van der Waals surface area contributed by atoms with Crippen molar-refractivity contribution in [2.75, 3.05) is 39.3 Å². The summed E-state index contributed by atoms with van der Waals surface area (Å²) in [4.78, 5) is 25.8. The molecular weight excluding hydrogens is 426 g/mol. The maximum Gasteiger partial charge on any atom is 0.314 e. The molecule has 34 heavy (non-hydrogen) atoms. The van der Waals surface area contributed by atoms with E-state index < -0.39 is 0 Å². The van der Waals surface area contributed by atoms with Gasteiger partial charge in [0, 0.05) is 13.1 Å². The molecule has 200 valence electrons. The van der Waals surface area contributed by atoms with E-state index in [1.807, 2.05) is 0 Å². The molecule has 0 bridgehead atoms. The fraction of sp³-hybridized carbons (Fsp3) is 0.929. The quantitative estimate of drug-likeness (QED) is 0.128. The van der Waals surface area contributed by atoms with E-state index in [4.69, 9.17) is 4.74 Å². The summed E-state index contributed by atoms with van der Waals surface area (Å²) in [5.41, 5.74) is 0. The first-order valence-corrected chi connectivity index (χ1v) is 14.6. The van der Waals surface area contributed by atoms with Gasteiger partial charge >= 0.3 is 12.0 Å². The highest BCUT2D eigenvalue weighted by Crippen LogP contribution is 2.13. The predicted molar refractivity (Wildman–Crippen MR) is 142 cm³/mol. The highest BCUT2D eigenvalue weighted by molar-refractivity contribution is 5.73. The van der Waals surface area contributed by atoms with Crippen molar-refractivity contribution in [2.24, 2.45) is 0 Å². The Bertz CT molecular complexity index is 482. The van der Waals surface area contributed by atoms with Crippen LogP contribution in [0.4, 0.5) is 4.79 Å². The van der Waals surface area contributed by atoms with Gasteiger partial charge in [-0.05, 0) is 32.4 Å². The zero-order valence-corrected chi connectivity index (χ0v) is 22.3. The van der Waals surface area contributed by atoms with Crippen LogP contribution in [-0.2, 0) is 9.53 Å². The van der Waals surface area contributed by atoms with Gasteiger partial charge in [0.2, 0.25) is 0 Å². The molecule has 2 N–H and O–H groups in total. The van der Waals surface area contributed by atoms with Crippen LogP contribution < -0.4 is 10.6 Å². The summed E-state index contributed by atoms with van der Waals surface area (Å²) in [5, 5.41) is 5.64. The van der Waals surface area contributed by atoms with E-state index in [-0.39, 0.29) is 18.6 Å². The number of nitrogens with one attached hydrogen (secondary N) is 2. The van der Waals surface area contributed by atoms with Crippen LogP contribution in [0, 0.1) is 0 Å².